The van der Waals surface area contributed by atoms with E-state index in [0.29, 0.717) is 0 Å². The maximum absolute atomic E-state index is 3.79. The van der Waals surface area contributed by atoms with Crippen LogP contribution in [0.4, 0.5) is 0 Å². The molecule has 0 heterocycles. The zero-order valence-corrected chi connectivity index (χ0v) is 4.05. The summed E-state index contributed by atoms with van der Waals surface area (Å²) in [4.78, 5) is 0. The van der Waals surface area contributed by atoms with Gasteiger partial charge in [-0.3, -0.25) is 0 Å². The Morgan fingerprint density at radius 2 is 2.00 bits per heavy atom. The minimum atomic E-state index is 0. The van der Waals surface area contributed by atoms with Crippen LogP contribution in [-0.2, 0) is 0 Å². The summed E-state index contributed by atoms with van der Waals surface area (Å²) in [5.41, 5.74) is 0. The van der Waals surface area contributed by atoms with Gasteiger partial charge < -0.3 is 1.43 Å². The summed E-state index contributed by atoms with van der Waals surface area (Å²) in [6.07, 6.45) is 0. The second-order valence-corrected chi connectivity index (χ2v) is 0.949. The van der Waals surface area contributed by atoms with Crippen LogP contribution in [-0.4, -0.2) is 5.75 Å². The first kappa shape index (κ1) is 8.87. The number of hydrogen-bond acceptors (Lipinski definition) is 1. The molecule has 0 aromatic heterocycles. The molecule has 0 fully saturated rings. The van der Waals surface area contributed by atoms with E-state index < -0.39 is 0 Å². The Hall–Kier alpha value is 0.947. The van der Waals surface area contributed by atoms with Crippen molar-refractivity contribution < 1.29 is 20.3 Å². The van der Waals surface area contributed by atoms with Crippen LogP contribution < -0.4 is 18.9 Å². The van der Waals surface area contributed by atoms with Crippen molar-refractivity contribution in [2.75, 3.05) is 5.75 Å². The fraction of sp³-hybridized carbons (Fsp3) is 1.00. The predicted octanol–water partition coefficient (Wildman–Crippen LogP) is -1.95. The number of hydrogen-bond donors (Lipinski definition) is 1. The van der Waals surface area contributed by atoms with Crippen LogP contribution in [0.5, 0.6) is 0 Å². The van der Waals surface area contributed by atoms with E-state index in [1.807, 2.05) is 6.92 Å². The second kappa shape index (κ2) is 9.04. The Morgan fingerprint density at radius 1 is 2.00 bits per heavy atom. The van der Waals surface area contributed by atoms with Crippen LogP contribution >= 0.6 is 12.6 Å². The molecule has 0 aliphatic rings. The van der Waals surface area contributed by atoms with Crippen molar-refractivity contribution in [2.45, 2.75) is 6.92 Å². The van der Waals surface area contributed by atoms with Gasteiger partial charge in [0.05, 0.1) is 0 Å². The predicted molar refractivity (Wildman–Crippen MR) is 20.6 cm³/mol. The Balaban J connectivity index is -0.0000000200. The van der Waals surface area contributed by atoms with E-state index in [2.05, 4.69) is 12.6 Å². The molecule has 4 heavy (non-hydrogen) atoms. The van der Waals surface area contributed by atoms with E-state index in [9.17, 15) is 0 Å². The van der Waals surface area contributed by atoms with Crippen molar-refractivity contribution >= 4 is 12.6 Å². The zero-order chi connectivity index (χ0) is 2.71. The normalized spacial score (nSPS) is 4.50. The van der Waals surface area contributed by atoms with E-state index in [1.165, 1.54) is 0 Å². The van der Waals surface area contributed by atoms with Gasteiger partial charge in [-0.15, -0.1) is 0 Å². The molecule has 0 atom stereocenters. The first-order valence-corrected chi connectivity index (χ1v) is 1.66. The van der Waals surface area contributed by atoms with Crippen LogP contribution in [0.15, 0.2) is 0 Å². The van der Waals surface area contributed by atoms with Crippen molar-refractivity contribution in [3.05, 3.63) is 0 Å². The van der Waals surface area contributed by atoms with Gasteiger partial charge in [0.1, 0.15) is 0 Å². The number of thiol groups is 1. The molecular weight excluding hydrogens is 63.0 g/mol. The molecular formula is C2H7LiS. The van der Waals surface area contributed by atoms with Crippen LogP contribution in [0.1, 0.15) is 8.35 Å². The van der Waals surface area contributed by atoms with Gasteiger partial charge in [-0.05, 0) is 5.75 Å². The molecule has 0 aliphatic carbocycles. The van der Waals surface area contributed by atoms with Crippen LogP contribution in [0, 0.1) is 0 Å². The van der Waals surface area contributed by atoms with Crippen molar-refractivity contribution in [3.8, 4) is 0 Å². The molecule has 0 unspecified atom stereocenters. The summed E-state index contributed by atoms with van der Waals surface area (Å²) in [5.74, 6) is 0.944. The zero-order valence-electron chi connectivity index (χ0n) is 4.15. The molecule has 22 valence electrons. The van der Waals surface area contributed by atoms with E-state index in [4.69, 9.17) is 0 Å². The molecule has 0 amide bonds. The van der Waals surface area contributed by atoms with Crippen LogP contribution in [0.3, 0.4) is 0 Å². The van der Waals surface area contributed by atoms with Gasteiger partial charge in [0.2, 0.25) is 0 Å². The molecule has 0 saturated heterocycles. The third kappa shape index (κ3) is 12.5. The van der Waals surface area contributed by atoms with Gasteiger partial charge in [-0.2, -0.15) is 12.6 Å². The van der Waals surface area contributed by atoms with Gasteiger partial charge in [-0.1, -0.05) is 6.92 Å². The van der Waals surface area contributed by atoms with Crippen molar-refractivity contribution in [2.24, 2.45) is 0 Å². The molecule has 0 saturated carbocycles. The average molecular weight is 70.1 g/mol. The summed E-state index contributed by atoms with van der Waals surface area (Å²) in [6, 6.07) is 0. The largest absolute Gasteiger partial charge is 1.00 e. The maximum atomic E-state index is 3.79. The van der Waals surface area contributed by atoms with E-state index in [-0.39, 0.29) is 20.3 Å². The Labute approximate surface area is 46.0 Å². The Bertz CT molecular complexity index is 9.61. The third-order valence-corrected chi connectivity index (χ3v) is 0. The van der Waals surface area contributed by atoms with E-state index in [1.54, 1.807) is 0 Å². The van der Waals surface area contributed by atoms with Gasteiger partial charge in [0.15, 0.2) is 0 Å². The quantitative estimate of drug-likeness (QED) is 0.248. The number of rotatable bonds is 0. The van der Waals surface area contributed by atoms with Crippen molar-refractivity contribution in [1.29, 1.82) is 0 Å². The maximum Gasteiger partial charge on any atom is 1.00 e. The molecule has 0 radical (unpaired) electrons. The summed E-state index contributed by atoms with van der Waals surface area (Å²) >= 11 is 3.79. The van der Waals surface area contributed by atoms with Crippen LogP contribution in [0.25, 0.3) is 0 Å². The molecule has 0 aliphatic heterocycles. The minimum Gasteiger partial charge on any atom is -1.00 e. The standard InChI is InChI=1S/C2H6S.Li.H/c1-2-3;;/h3H,2H2,1H3;;/q;+1;-1. The Kier molecular flexibility index (Phi) is 20.1. The van der Waals surface area contributed by atoms with Crippen molar-refractivity contribution in [3.63, 3.8) is 0 Å². The Morgan fingerprint density at radius 3 is 2.00 bits per heavy atom. The first-order valence-electron chi connectivity index (χ1n) is 1.02. The van der Waals surface area contributed by atoms with Gasteiger partial charge in [0.25, 0.3) is 0 Å². The fourth-order valence-electron chi connectivity index (χ4n) is 0. The molecule has 0 rings (SSSR count). The average Bonchev–Trinajstić information content (AvgIpc) is 0.918. The molecule has 0 aromatic carbocycles. The molecule has 0 nitrogen and oxygen atoms in total. The van der Waals surface area contributed by atoms with Crippen molar-refractivity contribution in [1.82, 2.24) is 0 Å². The van der Waals surface area contributed by atoms with Gasteiger partial charge in [0, 0.05) is 0 Å². The molecule has 0 bridgehead atoms. The third-order valence-electron chi connectivity index (χ3n) is 0. The summed E-state index contributed by atoms with van der Waals surface area (Å²) in [7, 11) is 0. The summed E-state index contributed by atoms with van der Waals surface area (Å²) < 4.78 is 0. The monoisotopic (exact) mass is 70.0 g/mol. The summed E-state index contributed by atoms with van der Waals surface area (Å²) in [6.45, 7) is 1.99. The molecule has 0 aromatic rings. The SMILES string of the molecule is CCS.[H-].[Li+]. The first-order chi connectivity index (χ1) is 1.41. The molecule has 0 spiro atoms. The van der Waals surface area contributed by atoms with Gasteiger partial charge >= 0.3 is 18.9 Å². The molecule has 0 N–H and O–H groups in total. The smallest absolute Gasteiger partial charge is 1.00 e. The minimum absolute atomic E-state index is 0. The van der Waals surface area contributed by atoms with Gasteiger partial charge in [-0.25, -0.2) is 0 Å². The van der Waals surface area contributed by atoms with Crippen LogP contribution in [0.2, 0.25) is 0 Å². The molecule has 2 heteroatoms. The second-order valence-electron chi connectivity index (χ2n) is 0.316. The topological polar surface area (TPSA) is 0 Å². The summed E-state index contributed by atoms with van der Waals surface area (Å²) in [5, 5.41) is 0. The fourth-order valence-corrected chi connectivity index (χ4v) is 0. The van der Waals surface area contributed by atoms with E-state index in [0.717, 1.165) is 5.75 Å². The van der Waals surface area contributed by atoms with E-state index >= 15 is 0 Å².